The molecule has 0 unspecified atom stereocenters. The monoisotopic (exact) mass is 355 g/mol. The average molecular weight is 355 g/mol. The zero-order valence-electron chi connectivity index (χ0n) is 16.2. The summed E-state index contributed by atoms with van der Waals surface area (Å²) in [5.74, 6) is 0.254. The van der Waals surface area contributed by atoms with Crippen LogP contribution in [0.3, 0.4) is 0 Å². The summed E-state index contributed by atoms with van der Waals surface area (Å²) in [6, 6.07) is 7.70. The first-order valence-electron chi connectivity index (χ1n) is 9.32. The molecule has 0 spiro atoms. The summed E-state index contributed by atoms with van der Waals surface area (Å²) >= 11 is 0. The van der Waals surface area contributed by atoms with Crippen molar-refractivity contribution >= 4 is 23.2 Å². The fraction of sp³-hybridized carbons (Fsp3) is 0.450. The number of benzene rings is 1. The number of unbranched alkanes of at least 4 members (excludes halogenated alkanes) is 1. The molecule has 0 atom stereocenters. The van der Waals surface area contributed by atoms with Crippen LogP contribution in [0.1, 0.15) is 49.7 Å². The Balaban J connectivity index is 2.08. The molecule has 0 aliphatic rings. The fourth-order valence-corrected chi connectivity index (χ4v) is 2.71. The van der Waals surface area contributed by atoms with E-state index in [0.29, 0.717) is 11.6 Å². The van der Waals surface area contributed by atoms with Crippen LogP contribution in [-0.2, 0) is 0 Å². The van der Waals surface area contributed by atoms with Gasteiger partial charge in [0, 0.05) is 37.2 Å². The molecular formula is C20H29N5O. The molecule has 2 aromatic rings. The van der Waals surface area contributed by atoms with Gasteiger partial charge in [-0.3, -0.25) is 4.79 Å². The average Bonchev–Trinajstić information content (AvgIpc) is 2.65. The van der Waals surface area contributed by atoms with E-state index < -0.39 is 0 Å². The van der Waals surface area contributed by atoms with Gasteiger partial charge < -0.3 is 15.5 Å². The van der Waals surface area contributed by atoms with Crippen LogP contribution < -0.4 is 15.5 Å². The molecule has 6 heteroatoms. The number of aromatic nitrogens is 2. The number of anilines is 3. The van der Waals surface area contributed by atoms with Crippen molar-refractivity contribution in [3.63, 3.8) is 0 Å². The van der Waals surface area contributed by atoms with Gasteiger partial charge in [-0.15, -0.1) is 0 Å². The van der Waals surface area contributed by atoms with Crippen molar-refractivity contribution in [2.75, 3.05) is 35.2 Å². The molecule has 1 amide bonds. The molecule has 0 saturated carbocycles. The molecule has 2 N–H and O–H groups in total. The summed E-state index contributed by atoms with van der Waals surface area (Å²) in [4.78, 5) is 23.3. The molecule has 6 nitrogen and oxygen atoms in total. The summed E-state index contributed by atoms with van der Waals surface area (Å²) in [6.45, 7) is 11.1. The van der Waals surface area contributed by atoms with E-state index in [1.165, 1.54) is 0 Å². The minimum Gasteiger partial charge on any atom is -0.372 e. The number of amides is 1. The molecule has 0 aliphatic heterocycles. The van der Waals surface area contributed by atoms with Crippen LogP contribution in [0, 0.1) is 6.92 Å². The Hall–Kier alpha value is -2.63. The molecule has 1 heterocycles. The van der Waals surface area contributed by atoms with Crippen LogP contribution in [0.15, 0.2) is 30.5 Å². The Morgan fingerprint density at radius 3 is 2.58 bits per heavy atom. The van der Waals surface area contributed by atoms with Crippen molar-refractivity contribution in [2.24, 2.45) is 0 Å². The standard InChI is InChI=1S/C20H29N5O/c1-5-8-12-21-20-22-13-11-18(24-20)19(26)23-17-10-9-16(14-15(17)4)25(6-2)7-3/h9-11,13-14H,5-8,12H2,1-4H3,(H,23,26)(H,21,22,24). The lowest BCUT2D eigenvalue weighted by Gasteiger charge is -2.22. The molecule has 2 rings (SSSR count). The van der Waals surface area contributed by atoms with Gasteiger partial charge in [0.25, 0.3) is 5.91 Å². The maximum absolute atomic E-state index is 12.5. The predicted octanol–water partition coefficient (Wildman–Crippen LogP) is 4.10. The van der Waals surface area contributed by atoms with Gasteiger partial charge in [-0.1, -0.05) is 13.3 Å². The molecule has 140 valence electrons. The van der Waals surface area contributed by atoms with E-state index in [2.05, 4.69) is 52.3 Å². The summed E-state index contributed by atoms with van der Waals surface area (Å²) in [6.07, 6.45) is 3.74. The predicted molar refractivity (Wildman–Crippen MR) is 108 cm³/mol. The fourth-order valence-electron chi connectivity index (χ4n) is 2.71. The molecule has 0 aliphatic carbocycles. The molecule has 26 heavy (non-hydrogen) atoms. The number of carbonyl (C=O) groups excluding carboxylic acids is 1. The highest BCUT2D eigenvalue weighted by atomic mass is 16.1. The van der Waals surface area contributed by atoms with Gasteiger partial charge in [0.05, 0.1) is 0 Å². The van der Waals surface area contributed by atoms with E-state index in [1.807, 2.05) is 19.1 Å². The Morgan fingerprint density at radius 1 is 1.15 bits per heavy atom. The summed E-state index contributed by atoms with van der Waals surface area (Å²) < 4.78 is 0. The number of hydrogen-bond donors (Lipinski definition) is 2. The van der Waals surface area contributed by atoms with Crippen LogP contribution in [0.25, 0.3) is 0 Å². The minimum atomic E-state index is -0.232. The SMILES string of the molecule is CCCCNc1nccc(C(=O)Nc2ccc(N(CC)CC)cc2C)n1. The highest BCUT2D eigenvalue weighted by Gasteiger charge is 2.12. The lowest BCUT2D eigenvalue weighted by molar-refractivity contribution is 0.102. The Labute approximate surface area is 156 Å². The van der Waals surface area contributed by atoms with Gasteiger partial charge in [-0.25, -0.2) is 9.97 Å². The summed E-state index contributed by atoms with van der Waals surface area (Å²) in [5.41, 5.74) is 3.34. The maximum Gasteiger partial charge on any atom is 0.274 e. The lowest BCUT2D eigenvalue weighted by Crippen LogP contribution is -2.22. The summed E-state index contributed by atoms with van der Waals surface area (Å²) in [7, 11) is 0. The third kappa shape index (κ3) is 5.18. The zero-order chi connectivity index (χ0) is 18.9. The smallest absolute Gasteiger partial charge is 0.274 e. The highest BCUT2D eigenvalue weighted by molar-refractivity contribution is 6.03. The largest absolute Gasteiger partial charge is 0.372 e. The number of rotatable bonds is 9. The topological polar surface area (TPSA) is 70.2 Å². The van der Waals surface area contributed by atoms with E-state index in [4.69, 9.17) is 0 Å². The number of nitrogens with one attached hydrogen (secondary N) is 2. The third-order valence-corrected chi connectivity index (χ3v) is 4.29. The van der Waals surface area contributed by atoms with E-state index in [0.717, 1.165) is 49.4 Å². The van der Waals surface area contributed by atoms with E-state index in [-0.39, 0.29) is 5.91 Å². The van der Waals surface area contributed by atoms with Crippen molar-refractivity contribution < 1.29 is 4.79 Å². The number of hydrogen-bond acceptors (Lipinski definition) is 5. The molecule has 1 aromatic carbocycles. The van der Waals surface area contributed by atoms with Crippen LogP contribution in [0.5, 0.6) is 0 Å². The van der Waals surface area contributed by atoms with Gasteiger partial charge in [-0.05, 0) is 57.0 Å². The molecule has 0 saturated heterocycles. The number of nitrogens with zero attached hydrogens (tertiary/aromatic N) is 3. The van der Waals surface area contributed by atoms with Crippen molar-refractivity contribution in [2.45, 2.75) is 40.5 Å². The second-order valence-electron chi connectivity index (χ2n) is 6.17. The van der Waals surface area contributed by atoms with Gasteiger partial charge in [0.2, 0.25) is 5.95 Å². The quantitative estimate of drug-likeness (QED) is 0.663. The first-order chi connectivity index (χ1) is 12.6. The Bertz CT molecular complexity index is 728. The second kappa shape index (κ2) is 9.75. The van der Waals surface area contributed by atoms with Crippen molar-refractivity contribution in [1.82, 2.24) is 9.97 Å². The van der Waals surface area contributed by atoms with Crippen LogP contribution >= 0.6 is 0 Å². The summed E-state index contributed by atoms with van der Waals surface area (Å²) in [5, 5.41) is 6.09. The number of aryl methyl sites for hydroxylation is 1. The van der Waals surface area contributed by atoms with Crippen LogP contribution in [0.2, 0.25) is 0 Å². The van der Waals surface area contributed by atoms with Gasteiger partial charge >= 0.3 is 0 Å². The zero-order valence-corrected chi connectivity index (χ0v) is 16.2. The van der Waals surface area contributed by atoms with Crippen molar-refractivity contribution in [3.05, 3.63) is 41.7 Å². The van der Waals surface area contributed by atoms with E-state index in [1.54, 1.807) is 12.3 Å². The Kier molecular flexibility index (Phi) is 7.38. The van der Waals surface area contributed by atoms with Crippen molar-refractivity contribution in [3.8, 4) is 0 Å². The van der Waals surface area contributed by atoms with Crippen LogP contribution in [0.4, 0.5) is 17.3 Å². The van der Waals surface area contributed by atoms with Gasteiger partial charge in [-0.2, -0.15) is 0 Å². The maximum atomic E-state index is 12.5. The first-order valence-corrected chi connectivity index (χ1v) is 9.32. The Morgan fingerprint density at radius 2 is 1.92 bits per heavy atom. The van der Waals surface area contributed by atoms with Crippen LogP contribution in [-0.4, -0.2) is 35.5 Å². The molecule has 1 aromatic heterocycles. The van der Waals surface area contributed by atoms with E-state index in [9.17, 15) is 4.79 Å². The highest BCUT2D eigenvalue weighted by Crippen LogP contribution is 2.23. The molecule has 0 bridgehead atoms. The lowest BCUT2D eigenvalue weighted by atomic mass is 10.1. The third-order valence-electron chi connectivity index (χ3n) is 4.29. The molecule has 0 radical (unpaired) electrons. The normalized spacial score (nSPS) is 10.5. The van der Waals surface area contributed by atoms with Gasteiger partial charge in [0.15, 0.2) is 0 Å². The van der Waals surface area contributed by atoms with Gasteiger partial charge in [0.1, 0.15) is 5.69 Å². The molecular weight excluding hydrogens is 326 g/mol. The molecule has 0 fully saturated rings. The second-order valence-corrected chi connectivity index (χ2v) is 6.17. The van der Waals surface area contributed by atoms with E-state index >= 15 is 0 Å². The van der Waals surface area contributed by atoms with Crippen molar-refractivity contribution in [1.29, 1.82) is 0 Å². The minimum absolute atomic E-state index is 0.232. The first kappa shape index (κ1) is 19.7. The number of carbonyl (C=O) groups is 1.